The van der Waals surface area contributed by atoms with E-state index in [9.17, 15) is 8.42 Å². The molecule has 0 aliphatic carbocycles. The van der Waals surface area contributed by atoms with E-state index in [1.54, 1.807) is 19.2 Å². The summed E-state index contributed by atoms with van der Waals surface area (Å²) in [5.74, 6) is 0. The molecule has 6 heteroatoms. The fourth-order valence-electron chi connectivity index (χ4n) is 2.19. The molecule has 4 nitrogen and oxygen atoms in total. The van der Waals surface area contributed by atoms with Gasteiger partial charge in [-0.25, -0.2) is 8.42 Å². The molecule has 0 bridgehead atoms. The normalized spacial score (nSPS) is 19.5. The van der Waals surface area contributed by atoms with Crippen molar-refractivity contribution >= 4 is 22.4 Å². The zero-order chi connectivity index (χ0) is 13.3. The van der Waals surface area contributed by atoms with Crippen molar-refractivity contribution in [3.63, 3.8) is 0 Å². The van der Waals surface area contributed by atoms with Gasteiger partial charge in [0.1, 0.15) is 0 Å². The van der Waals surface area contributed by atoms with E-state index in [2.05, 4.69) is 5.32 Å². The first-order valence-electron chi connectivity index (χ1n) is 6.19. The molecule has 1 aromatic rings. The number of nitrogens with one attached hydrogen (secondary N) is 1. The van der Waals surface area contributed by atoms with E-state index in [4.69, 9.17) is 0 Å². The molecule has 1 saturated heterocycles. The van der Waals surface area contributed by atoms with Crippen LogP contribution in [0.25, 0.3) is 0 Å². The Labute approximate surface area is 121 Å². The number of rotatable bonds is 3. The molecular weight excluding hydrogens is 284 g/mol. The van der Waals surface area contributed by atoms with Crippen molar-refractivity contribution in [3.05, 3.63) is 29.3 Å². The van der Waals surface area contributed by atoms with Crippen LogP contribution >= 0.6 is 12.4 Å². The summed E-state index contributed by atoms with van der Waals surface area (Å²) < 4.78 is 26.5. The molecule has 108 valence electrons. The largest absolute Gasteiger partial charge is 0.315 e. The summed E-state index contributed by atoms with van der Waals surface area (Å²) in [6, 6.07) is 5.37. The Morgan fingerprint density at radius 3 is 2.47 bits per heavy atom. The Bertz CT molecular complexity index is 540. The summed E-state index contributed by atoms with van der Waals surface area (Å²) in [5, 5.41) is 3.19. The molecule has 1 aliphatic heterocycles. The highest BCUT2D eigenvalue weighted by molar-refractivity contribution is 7.89. The quantitative estimate of drug-likeness (QED) is 0.925. The maximum atomic E-state index is 12.5. The molecule has 1 N–H and O–H groups in total. The van der Waals surface area contributed by atoms with Gasteiger partial charge in [0.15, 0.2) is 0 Å². The summed E-state index contributed by atoms with van der Waals surface area (Å²) in [7, 11) is -1.70. The number of sulfonamides is 1. The number of benzene rings is 1. The Balaban J connectivity index is 0.00000180. The second kappa shape index (κ2) is 6.22. The van der Waals surface area contributed by atoms with E-state index >= 15 is 0 Å². The maximum Gasteiger partial charge on any atom is 0.243 e. The molecule has 0 radical (unpaired) electrons. The second-order valence-corrected chi connectivity index (χ2v) is 6.91. The Morgan fingerprint density at radius 1 is 1.26 bits per heavy atom. The number of hydrogen-bond donors (Lipinski definition) is 1. The van der Waals surface area contributed by atoms with Gasteiger partial charge >= 0.3 is 0 Å². The lowest BCUT2D eigenvalue weighted by Crippen LogP contribution is -2.38. The fraction of sp³-hybridized carbons (Fsp3) is 0.538. The number of halogens is 1. The van der Waals surface area contributed by atoms with Crippen LogP contribution in [0.15, 0.2) is 23.1 Å². The highest BCUT2D eigenvalue weighted by Gasteiger charge is 2.29. The van der Waals surface area contributed by atoms with Gasteiger partial charge in [-0.3, -0.25) is 0 Å². The van der Waals surface area contributed by atoms with Crippen LogP contribution in [0.4, 0.5) is 0 Å². The highest BCUT2D eigenvalue weighted by Crippen LogP contribution is 2.21. The molecule has 1 heterocycles. The van der Waals surface area contributed by atoms with Gasteiger partial charge in [0.05, 0.1) is 4.90 Å². The molecular formula is C13H21ClN2O2S. The third-order valence-electron chi connectivity index (χ3n) is 3.70. The van der Waals surface area contributed by atoms with Crippen molar-refractivity contribution in [2.24, 2.45) is 0 Å². The summed E-state index contributed by atoms with van der Waals surface area (Å²) in [4.78, 5) is 0.389. The molecule has 1 aliphatic rings. The van der Waals surface area contributed by atoms with Crippen LogP contribution in [0.1, 0.15) is 17.5 Å². The van der Waals surface area contributed by atoms with Crippen LogP contribution in [0, 0.1) is 13.8 Å². The monoisotopic (exact) mass is 304 g/mol. The molecule has 1 fully saturated rings. The van der Waals surface area contributed by atoms with E-state index in [-0.39, 0.29) is 18.4 Å². The van der Waals surface area contributed by atoms with Crippen molar-refractivity contribution in [2.75, 3.05) is 20.1 Å². The molecule has 1 atom stereocenters. The first-order valence-corrected chi connectivity index (χ1v) is 7.63. The lowest BCUT2D eigenvalue weighted by atomic mass is 10.1. The molecule has 0 aromatic heterocycles. The summed E-state index contributed by atoms with van der Waals surface area (Å²) in [6.07, 6.45) is 0.876. The number of hydrogen-bond acceptors (Lipinski definition) is 3. The average Bonchev–Trinajstić information content (AvgIpc) is 2.85. The predicted octanol–water partition coefficient (Wildman–Crippen LogP) is 1.71. The van der Waals surface area contributed by atoms with Crippen molar-refractivity contribution in [2.45, 2.75) is 31.2 Å². The smallest absolute Gasteiger partial charge is 0.243 e. The zero-order valence-electron chi connectivity index (χ0n) is 11.5. The van der Waals surface area contributed by atoms with Gasteiger partial charge in [-0.1, -0.05) is 6.07 Å². The van der Waals surface area contributed by atoms with Gasteiger partial charge < -0.3 is 5.32 Å². The Kier molecular flexibility index (Phi) is 5.38. The minimum Gasteiger partial charge on any atom is -0.315 e. The predicted molar refractivity (Wildman–Crippen MR) is 79.4 cm³/mol. The van der Waals surface area contributed by atoms with E-state index in [0.29, 0.717) is 4.90 Å². The summed E-state index contributed by atoms with van der Waals surface area (Å²) >= 11 is 0. The Morgan fingerprint density at radius 2 is 1.95 bits per heavy atom. The van der Waals surface area contributed by atoms with Crippen LogP contribution in [0.2, 0.25) is 0 Å². The average molecular weight is 305 g/mol. The summed E-state index contributed by atoms with van der Waals surface area (Å²) in [5.41, 5.74) is 2.12. The van der Waals surface area contributed by atoms with E-state index in [1.807, 2.05) is 19.9 Å². The molecule has 1 aromatic carbocycles. The highest BCUT2D eigenvalue weighted by atomic mass is 35.5. The molecule has 0 spiro atoms. The molecule has 0 amide bonds. The van der Waals surface area contributed by atoms with Crippen molar-refractivity contribution in [1.29, 1.82) is 0 Å². The van der Waals surface area contributed by atoms with E-state index < -0.39 is 10.0 Å². The summed E-state index contributed by atoms with van der Waals surface area (Å²) in [6.45, 7) is 5.54. The zero-order valence-corrected chi connectivity index (χ0v) is 13.1. The number of nitrogens with zero attached hydrogens (tertiary/aromatic N) is 1. The van der Waals surface area contributed by atoms with E-state index in [1.165, 1.54) is 4.31 Å². The molecule has 19 heavy (non-hydrogen) atoms. The van der Waals surface area contributed by atoms with Gasteiger partial charge in [-0.05, 0) is 50.1 Å². The van der Waals surface area contributed by atoms with E-state index in [0.717, 1.165) is 30.6 Å². The van der Waals surface area contributed by atoms with Crippen molar-refractivity contribution in [3.8, 4) is 0 Å². The first-order chi connectivity index (χ1) is 8.43. The SMILES string of the molecule is Cc1ccc(S(=O)(=O)N(C)C2CCNC2)cc1C.Cl. The van der Waals surface area contributed by atoms with Crippen molar-refractivity contribution < 1.29 is 8.42 Å². The maximum absolute atomic E-state index is 12.5. The Hall–Kier alpha value is -0.620. The van der Waals surface area contributed by atoms with Crippen molar-refractivity contribution in [1.82, 2.24) is 9.62 Å². The lowest BCUT2D eigenvalue weighted by Gasteiger charge is -2.23. The number of likely N-dealkylation sites (N-methyl/N-ethyl adjacent to an activating group) is 1. The minimum atomic E-state index is -3.37. The topological polar surface area (TPSA) is 49.4 Å². The molecule has 0 saturated carbocycles. The van der Waals surface area contributed by atoms with Gasteiger partial charge in [0.25, 0.3) is 0 Å². The van der Waals surface area contributed by atoms with Crippen LogP contribution in [0.3, 0.4) is 0 Å². The third kappa shape index (κ3) is 3.28. The third-order valence-corrected chi connectivity index (χ3v) is 5.61. The van der Waals surface area contributed by atoms with Crippen LogP contribution in [-0.4, -0.2) is 38.9 Å². The minimum absolute atomic E-state index is 0. The fourth-order valence-corrected chi connectivity index (χ4v) is 3.66. The van der Waals surface area contributed by atoms with Gasteiger partial charge in [-0.15, -0.1) is 12.4 Å². The first kappa shape index (κ1) is 16.4. The van der Waals surface area contributed by atoms with Gasteiger partial charge in [-0.2, -0.15) is 4.31 Å². The van der Waals surface area contributed by atoms with Crippen LogP contribution in [0.5, 0.6) is 0 Å². The molecule has 2 rings (SSSR count). The molecule has 1 unspecified atom stereocenters. The van der Waals surface area contributed by atoms with Crippen LogP contribution in [-0.2, 0) is 10.0 Å². The van der Waals surface area contributed by atoms with Gasteiger partial charge in [0.2, 0.25) is 10.0 Å². The number of aryl methyl sites for hydroxylation is 2. The van der Waals surface area contributed by atoms with Gasteiger partial charge in [0, 0.05) is 19.6 Å². The second-order valence-electron chi connectivity index (χ2n) is 4.91. The lowest BCUT2D eigenvalue weighted by molar-refractivity contribution is 0.387. The van der Waals surface area contributed by atoms with Crippen LogP contribution < -0.4 is 5.32 Å². The standard InChI is InChI=1S/C13H20N2O2S.ClH/c1-10-4-5-13(8-11(10)2)18(16,17)15(3)12-6-7-14-9-12;/h4-5,8,12,14H,6-7,9H2,1-3H3;1H.